The summed E-state index contributed by atoms with van der Waals surface area (Å²) in [4.78, 5) is 23.9. The Morgan fingerprint density at radius 1 is 0.897 bits per heavy atom. The number of carbonyl (C=O) groups is 2. The number of esters is 1. The summed E-state index contributed by atoms with van der Waals surface area (Å²) in [6.45, 7) is 2.75. The highest BCUT2D eigenvalue weighted by atomic mass is 16.5. The van der Waals surface area contributed by atoms with E-state index in [9.17, 15) is 9.59 Å². The average Bonchev–Trinajstić information content (AvgIpc) is 2.79. The van der Waals surface area contributed by atoms with Gasteiger partial charge in [0.1, 0.15) is 0 Å². The van der Waals surface area contributed by atoms with E-state index in [0.717, 1.165) is 27.8 Å². The van der Waals surface area contributed by atoms with Crippen molar-refractivity contribution in [2.45, 2.75) is 19.4 Å². The Kier molecular flexibility index (Phi) is 6.93. The largest absolute Gasteiger partial charge is 0.469 e. The van der Waals surface area contributed by atoms with Gasteiger partial charge in [0.15, 0.2) is 5.78 Å². The molecule has 1 atom stereocenters. The summed E-state index contributed by atoms with van der Waals surface area (Å²) < 4.78 is 4.81. The summed E-state index contributed by atoms with van der Waals surface area (Å²) in [6.07, 6.45) is 0. The highest BCUT2D eigenvalue weighted by Gasteiger charge is 2.15. The van der Waals surface area contributed by atoms with Gasteiger partial charge in [0.2, 0.25) is 0 Å². The molecule has 0 aliphatic heterocycles. The average molecular weight is 387 g/mol. The minimum absolute atomic E-state index is 0.0806. The molecule has 0 saturated carbocycles. The second-order valence-corrected chi connectivity index (χ2v) is 6.96. The first-order chi connectivity index (χ1) is 14.1. The van der Waals surface area contributed by atoms with Crippen molar-refractivity contribution >= 4 is 11.8 Å². The van der Waals surface area contributed by atoms with Crippen LogP contribution in [0.4, 0.5) is 0 Å². The van der Waals surface area contributed by atoms with Crippen LogP contribution in [0.3, 0.4) is 0 Å². The van der Waals surface area contributed by atoms with Crippen molar-refractivity contribution in [3.8, 4) is 11.1 Å². The molecule has 0 heterocycles. The fraction of sp³-hybridized carbons (Fsp3) is 0.200. The van der Waals surface area contributed by atoms with E-state index in [1.165, 1.54) is 7.11 Å². The van der Waals surface area contributed by atoms with Crippen molar-refractivity contribution in [3.63, 3.8) is 0 Å². The number of carbonyl (C=O) groups excluding carboxylic acids is 2. The first-order valence-corrected chi connectivity index (χ1v) is 9.64. The van der Waals surface area contributed by atoms with Crippen molar-refractivity contribution in [2.24, 2.45) is 0 Å². The van der Waals surface area contributed by atoms with E-state index in [-0.39, 0.29) is 17.7 Å². The summed E-state index contributed by atoms with van der Waals surface area (Å²) in [5.41, 5.74) is 4.92. The van der Waals surface area contributed by atoms with Gasteiger partial charge in [-0.25, -0.2) is 0 Å². The van der Waals surface area contributed by atoms with Crippen LogP contribution in [0.1, 0.15) is 34.3 Å². The fourth-order valence-electron chi connectivity index (χ4n) is 3.18. The van der Waals surface area contributed by atoms with Gasteiger partial charge in [-0.05, 0) is 35.2 Å². The van der Waals surface area contributed by atoms with E-state index in [1.54, 1.807) is 0 Å². The molecule has 0 fully saturated rings. The molecule has 4 heteroatoms. The Hall–Kier alpha value is -3.24. The molecule has 3 aromatic rings. The summed E-state index contributed by atoms with van der Waals surface area (Å²) >= 11 is 0. The van der Waals surface area contributed by atoms with Gasteiger partial charge in [-0.15, -0.1) is 0 Å². The molecule has 0 amide bonds. The van der Waals surface area contributed by atoms with Gasteiger partial charge in [-0.1, -0.05) is 72.8 Å². The number of benzene rings is 3. The SMILES string of the molecule is COC(=O)C(C)c1ccc(-c2cccc(CNCC(=O)c3ccccc3)c2)cc1. The lowest BCUT2D eigenvalue weighted by Gasteiger charge is -2.11. The van der Waals surface area contributed by atoms with Crippen LogP contribution in [0.25, 0.3) is 11.1 Å². The quantitative estimate of drug-likeness (QED) is 0.453. The Labute approximate surface area is 171 Å². The summed E-state index contributed by atoms with van der Waals surface area (Å²) in [5, 5.41) is 3.22. The Bertz CT molecular complexity index is 965. The maximum Gasteiger partial charge on any atom is 0.312 e. The van der Waals surface area contributed by atoms with E-state index >= 15 is 0 Å². The normalized spacial score (nSPS) is 11.7. The second kappa shape index (κ2) is 9.80. The summed E-state index contributed by atoms with van der Waals surface area (Å²) in [7, 11) is 1.40. The first-order valence-electron chi connectivity index (χ1n) is 9.64. The zero-order valence-corrected chi connectivity index (χ0v) is 16.7. The van der Waals surface area contributed by atoms with Gasteiger partial charge in [0.05, 0.1) is 19.6 Å². The van der Waals surface area contributed by atoms with E-state index < -0.39 is 0 Å². The number of hydrogen-bond donors (Lipinski definition) is 1. The molecule has 0 radical (unpaired) electrons. The summed E-state index contributed by atoms with van der Waals surface area (Å²) in [5.74, 6) is -0.445. The van der Waals surface area contributed by atoms with Gasteiger partial charge in [-0.2, -0.15) is 0 Å². The molecule has 0 aliphatic rings. The first kappa shape index (κ1) is 20.5. The molecule has 0 saturated heterocycles. The molecule has 148 valence electrons. The molecule has 0 aromatic heterocycles. The second-order valence-electron chi connectivity index (χ2n) is 6.96. The molecule has 0 bridgehead atoms. The molecular formula is C25H25NO3. The third-order valence-electron chi connectivity index (χ3n) is 4.94. The van der Waals surface area contributed by atoms with Gasteiger partial charge >= 0.3 is 5.97 Å². The van der Waals surface area contributed by atoms with E-state index in [0.29, 0.717) is 13.1 Å². The minimum Gasteiger partial charge on any atom is -0.469 e. The van der Waals surface area contributed by atoms with Crippen LogP contribution in [0.15, 0.2) is 78.9 Å². The molecule has 1 unspecified atom stereocenters. The van der Waals surface area contributed by atoms with Crippen LogP contribution in [0.2, 0.25) is 0 Å². The number of hydrogen-bond acceptors (Lipinski definition) is 4. The van der Waals surface area contributed by atoms with Crippen molar-refractivity contribution in [1.82, 2.24) is 5.32 Å². The molecular weight excluding hydrogens is 362 g/mol. The van der Waals surface area contributed by atoms with Gasteiger partial charge in [-0.3, -0.25) is 9.59 Å². The van der Waals surface area contributed by atoms with Crippen molar-refractivity contribution in [3.05, 3.63) is 95.6 Å². The van der Waals surface area contributed by atoms with Gasteiger partial charge in [0.25, 0.3) is 0 Å². The van der Waals surface area contributed by atoms with Gasteiger partial charge < -0.3 is 10.1 Å². The highest BCUT2D eigenvalue weighted by molar-refractivity contribution is 5.97. The number of rotatable bonds is 8. The van der Waals surface area contributed by atoms with Crippen LogP contribution < -0.4 is 5.32 Å². The zero-order valence-electron chi connectivity index (χ0n) is 16.7. The van der Waals surface area contributed by atoms with Crippen LogP contribution in [-0.2, 0) is 16.1 Å². The Morgan fingerprint density at radius 3 is 2.31 bits per heavy atom. The van der Waals surface area contributed by atoms with Crippen LogP contribution in [0.5, 0.6) is 0 Å². The molecule has 3 rings (SSSR count). The highest BCUT2D eigenvalue weighted by Crippen LogP contribution is 2.24. The number of nitrogens with one attached hydrogen (secondary N) is 1. The number of Topliss-reactive ketones (excluding diaryl/α,β-unsaturated/α-hetero) is 1. The topological polar surface area (TPSA) is 55.4 Å². The lowest BCUT2D eigenvalue weighted by Crippen LogP contribution is -2.22. The lowest BCUT2D eigenvalue weighted by molar-refractivity contribution is -0.141. The smallest absolute Gasteiger partial charge is 0.312 e. The van der Waals surface area contributed by atoms with Crippen molar-refractivity contribution < 1.29 is 14.3 Å². The maximum absolute atomic E-state index is 12.2. The third-order valence-corrected chi connectivity index (χ3v) is 4.94. The third kappa shape index (κ3) is 5.39. The number of methoxy groups -OCH3 is 1. The van der Waals surface area contributed by atoms with E-state index in [4.69, 9.17) is 4.74 Å². The Morgan fingerprint density at radius 2 is 1.62 bits per heavy atom. The maximum atomic E-state index is 12.2. The zero-order chi connectivity index (χ0) is 20.6. The van der Waals surface area contributed by atoms with E-state index in [2.05, 4.69) is 17.4 Å². The molecule has 4 nitrogen and oxygen atoms in total. The minimum atomic E-state index is -0.285. The fourth-order valence-corrected chi connectivity index (χ4v) is 3.18. The van der Waals surface area contributed by atoms with Crippen LogP contribution in [-0.4, -0.2) is 25.4 Å². The predicted molar refractivity (Wildman–Crippen MR) is 115 cm³/mol. The van der Waals surface area contributed by atoms with Gasteiger partial charge in [0, 0.05) is 12.1 Å². The van der Waals surface area contributed by atoms with Crippen molar-refractivity contribution in [1.29, 1.82) is 0 Å². The predicted octanol–water partition coefficient (Wildman–Crippen LogP) is 4.60. The molecule has 0 spiro atoms. The van der Waals surface area contributed by atoms with Crippen LogP contribution in [0, 0.1) is 0 Å². The molecule has 29 heavy (non-hydrogen) atoms. The Balaban J connectivity index is 1.62. The lowest BCUT2D eigenvalue weighted by atomic mass is 9.97. The standard InChI is InChI=1S/C25H25NO3/c1-18(25(28)29-2)20-11-13-21(14-12-20)23-10-6-7-19(15-23)16-26-17-24(27)22-8-4-3-5-9-22/h3-15,18,26H,16-17H2,1-2H3. The van der Waals surface area contributed by atoms with Crippen molar-refractivity contribution in [2.75, 3.05) is 13.7 Å². The number of ketones is 1. The monoisotopic (exact) mass is 387 g/mol. The van der Waals surface area contributed by atoms with E-state index in [1.807, 2.05) is 73.7 Å². The summed E-state index contributed by atoms with van der Waals surface area (Å²) in [6, 6.07) is 25.5. The molecule has 1 N–H and O–H groups in total. The van der Waals surface area contributed by atoms with Crippen LogP contribution >= 0.6 is 0 Å². The molecule has 0 aliphatic carbocycles. The number of ether oxygens (including phenoxy) is 1. The molecule has 3 aromatic carbocycles.